The fourth-order valence-corrected chi connectivity index (χ4v) is 4.60. The quantitative estimate of drug-likeness (QED) is 0.406. The van der Waals surface area contributed by atoms with E-state index in [1.165, 1.54) is 36.6 Å². The maximum Gasteiger partial charge on any atom is 0.416 e. The molecule has 4 aromatic rings. The molecule has 1 aliphatic rings. The molecule has 0 spiro atoms. The standard InChI is InChI=1S/C24H21F4N5O2/c1-12-15-7-13(24(26,27)28)3-4-14(15)19(5-6-35-12)32(2)23(34)16-8-20-18(9-17(16)25)31-22(29)21-10-30-11-33(20)21/h3-4,7-12,19H,5-6H2,1-2H3,(H2,29,31)/t12?,19-/m1/s1. The third-order valence-corrected chi connectivity index (χ3v) is 6.45. The highest BCUT2D eigenvalue weighted by molar-refractivity contribution is 5.98. The monoisotopic (exact) mass is 487 g/mol. The molecule has 5 rings (SSSR count). The van der Waals surface area contributed by atoms with E-state index >= 15 is 4.39 Å². The molecular formula is C24H21F4N5O2. The Kier molecular flexibility index (Phi) is 5.39. The molecule has 7 nitrogen and oxygen atoms in total. The van der Waals surface area contributed by atoms with E-state index in [0.29, 0.717) is 28.6 Å². The highest BCUT2D eigenvalue weighted by Crippen LogP contribution is 2.39. The summed E-state index contributed by atoms with van der Waals surface area (Å²) in [5.41, 5.74) is 7.02. The van der Waals surface area contributed by atoms with Gasteiger partial charge in [0.15, 0.2) is 0 Å². The van der Waals surface area contributed by atoms with Gasteiger partial charge in [0.05, 0.1) is 46.8 Å². The van der Waals surface area contributed by atoms with Crippen molar-refractivity contribution < 1.29 is 27.1 Å². The smallest absolute Gasteiger partial charge is 0.382 e. The molecule has 2 aromatic heterocycles. The lowest BCUT2D eigenvalue weighted by atomic mass is 9.93. The van der Waals surface area contributed by atoms with Crippen LogP contribution in [0.2, 0.25) is 0 Å². The van der Waals surface area contributed by atoms with Gasteiger partial charge in [-0.25, -0.2) is 14.4 Å². The van der Waals surface area contributed by atoms with Gasteiger partial charge in [-0.3, -0.25) is 9.20 Å². The highest BCUT2D eigenvalue weighted by Gasteiger charge is 2.35. The van der Waals surface area contributed by atoms with E-state index in [1.807, 2.05) is 0 Å². The number of nitrogen functional groups attached to an aromatic ring is 1. The highest BCUT2D eigenvalue weighted by atomic mass is 19.4. The molecule has 3 heterocycles. The van der Waals surface area contributed by atoms with E-state index in [1.54, 1.807) is 11.3 Å². The fraction of sp³-hybridized carbons (Fsp3) is 0.292. The van der Waals surface area contributed by atoms with Crippen molar-refractivity contribution in [2.24, 2.45) is 0 Å². The Morgan fingerprint density at radius 2 is 1.97 bits per heavy atom. The van der Waals surface area contributed by atoms with Crippen molar-refractivity contribution in [1.82, 2.24) is 19.3 Å². The molecule has 0 saturated heterocycles. The number of nitrogens with zero attached hydrogens (tertiary/aromatic N) is 4. The number of aromatic nitrogens is 3. The maximum atomic E-state index is 15.1. The van der Waals surface area contributed by atoms with E-state index in [0.717, 1.165) is 18.2 Å². The first-order chi connectivity index (χ1) is 16.6. The average Bonchev–Trinajstić information content (AvgIpc) is 3.24. The van der Waals surface area contributed by atoms with Crippen LogP contribution in [0.3, 0.4) is 0 Å². The number of benzene rings is 2. The van der Waals surface area contributed by atoms with Gasteiger partial charge >= 0.3 is 6.18 Å². The van der Waals surface area contributed by atoms with Gasteiger partial charge in [0.1, 0.15) is 17.2 Å². The molecule has 0 fully saturated rings. The number of imidazole rings is 1. The second-order valence-electron chi connectivity index (χ2n) is 8.54. The lowest BCUT2D eigenvalue weighted by molar-refractivity contribution is -0.137. The Hall–Kier alpha value is -3.73. The van der Waals surface area contributed by atoms with Crippen LogP contribution in [0.4, 0.5) is 23.4 Å². The van der Waals surface area contributed by atoms with Crippen LogP contribution < -0.4 is 5.73 Å². The molecule has 1 aliphatic heterocycles. The zero-order valence-electron chi connectivity index (χ0n) is 18.8. The SMILES string of the molecule is CC1OCC[C@@H](N(C)C(=O)c2cc3c(cc2F)nc(N)c2cncn23)c2ccc(C(F)(F)F)cc21. The van der Waals surface area contributed by atoms with Crippen molar-refractivity contribution in [2.45, 2.75) is 31.7 Å². The van der Waals surface area contributed by atoms with Crippen LogP contribution in [-0.4, -0.2) is 38.8 Å². The summed E-state index contributed by atoms with van der Waals surface area (Å²) in [6.07, 6.45) is -1.77. The van der Waals surface area contributed by atoms with Crippen LogP contribution in [0.15, 0.2) is 42.9 Å². The zero-order valence-corrected chi connectivity index (χ0v) is 18.8. The predicted octanol–water partition coefficient (Wildman–Crippen LogP) is 4.92. The lowest BCUT2D eigenvalue weighted by Gasteiger charge is -2.29. The summed E-state index contributed by atoms with van der Waals surface area (Å²) in [7, 11) is 1.50. The predicted molar refractivity (Wildman–Crippen MR) is 120 cm³/mol. The van der Waals surface area contributed by atoms with Crippen molar-refractivity contribution in [2.75, 3.05) is 19.4 Å². The van der Waals surface area contributed by atoms with Gasteiger partial charge in [-0.1, -0.05) is 6.07 Å². The summed E-state index contributed by atoms with van der Waals surface area (Å²) in [5, 5.41) is 0. The molecular weight excluding hydrogens is 466 g/mol. The molecule has 0 radical (unpaired) electrons. The largest absolute Gasteiger partial charge is 0.416 e. The number of carbonyl (C=O) groups excluding carboxylic acids is 1. The number of rotatable bonds is 2. The van der Waals surface area contributed by atoms with Gasteiger partial charge in [-0.2, -0.15) is 13.2 Å². The van der Waals surface area contributed by atoms with E-state index in [-0.39, 0.29) is 23.5 Å². The number of halogens is 4. The summed E-state index contributed by atoms with van der Waals surface area (Å²) in [6.45, 7) is 1.89. The van der Waals surface area contributed by atoms with Crippen molar-refractivity contribution in [3.8, 4) is 0 Å². The molecule has 0 aliphatic carbocycles. The van der Waals surface area contributed by atoms with Crippen LogP contribution in [0.25, 0.3) is 16.6 Å². The number of ether oxygens (including phenoxy) is 1. The number of alkyl halides is 3. The lowest BCUT2D eigenvalue weighted by Crippen LogP contribution is -2.32. The minimum absolute atomic E-state index is 0.174. The van der Waals surface area contributed by atoms with Crippen LogP contribution in [-0.2, 0) is 10.9 Å². The van der Waals surface area contributed by atoms with E-state index < -0.39 is 35.6 Å². The number of amides is 1. The van der Waals surface area contributed by atoms with Gasteiger partial charge in [0.25, 0.3) is 5.91 Å². The molecule has 0 saturated carbocycles. The summed E-state index contributed by atoms with van der Waals surface area (Å²) in [4.78, 5) is 23.1. The fourth-order valence-electron chi connectivity index (χ4n) is 4.60. The first-order valence-corrected chi connectivity index (χ1v) is 10.9. The second-order valence-corrected chi connectivity index (χ2v) is 8.54. The van der Waals surface area contributed by atoms with Crippen LogP contribution in [0, 0.1) is 5.82 Å². The van der Waals surface area contributed by atoms with Crippen molar-refractivity contribution in [1.29, 1.82) is 0 Å². The molecule has 11 heteroatoms. The number of hydrogen-bond donors (Lipinski definition) is 1. The number of hydrogen-bond acceptors (Lipinski definition) is 5. The van der Waals surface area contributed by atoms with Gasteiger partial charge < -0.3 is 15.4 Å². The van der Waals surface area contributed by atoms with Gasteiger partial charge in [0.2, 0.25) is 0 Å². The summed E-state index contributed by atoms with van der Waals surface area (Å²) in [6, 6.07) is 5.32. The van der Waals surface area contributed by atoms with Crippen LogP contribution >= 0.6 is 0 Å². The molecule has 0 bridgehead atoms. The van der Waals surface area contributed by atoms with E-state index in [2.05, 4.69) is 9.97 Å². The average molecular weight is 487 g/mol. The topological polar surface area (TPSA) is 85.8 Å². The summed E-state index contributed by atoms with van der Waals surface area (Å²) < 4.78 is 62.3. The Bertz CT molecular complexity index is 1470. The molecule has 2 aromatic carbocycles. The first-order valence-electron chi connectivity index (χ1n) is 10.9. The maximum absolute atomic E-state index is 15.1. The van der Waals surface area contributed by atoms with E-state index in [9.17, 15) is 18.0 Å². The molecule has 35 heavy (non-hydrogen) atoms. The summed E-state index contributed by atoms with van der Waals surface area (Å²) in [5.74, 6) is -1.24. The normalized spacial score (nSPS) is 18.5. The van der Waals surface area contributed by atoms with Crippen LogP contribution in [0.5, 0.6) is 0 Å². The number of nitrogens with two attached hydrogens (primary N) is 1. The zero-order chi connectivity index (χ0) is 25.1. The molecule has 2 atom stereocenters. The van der Waals surface area contributed by atoms with Crippen molar-refractivity contribution in [3.63, 3.8) is 0 Å². The Balaban J connectivity index is 1.57. The minimum Gasteiger partial charge on any atom is -0.382 e. The summed E-state index contributed by atoms with van der Waals surface area (Å²) >= 11 is 0. The molecule has 1 unspecified atom stereocenters. The van der Waals surface area contributed by atoms with Gasteiger partial charge in [-0.05, 0) is 42.7 Å². The van der Waals surface area contributed by atoms with Gasteiger partial charge in [0, 0.05) is 19.7 Å². The number of fused-ring (bicyclic) bond motifs is 4. The van der Waals surface area contributed by atoms with Crippen LogP contribution in [0.1, 0.15) is 52.5 Å². The minimum atomic E-state index is -4.51. The van der Waals surface area contributed by atoms with E-state index in [4.69, 9.17) is 10.5 Å². The van der Waals surface area contributed by atoms with Gasteiger partial charge in [-0.15, -0.1) is 0 Å². The molecule has 2 N–H and O–H groups in total. The molecule has 182 valence electrons. The third kappa shape index (κ3) is 3.85. The Morgan fingerprint density at radius 1 is 1.20 bits per heavy atom. The third-order valence-electron chi connectivity index (χ3n) is 6.45. The number of carbonyl (C=O) groups is 1. The Labute approximate surface area is 197 Å². The Morgan fingerprint density at radius 3 is 2.71 bits per heavy atom. The molecule has 1 amide bonds. The van der Waals surface area contributed by atoms with Crippen molar-refractivity contribution >= 4 is 28.3 Å². The first kappa shape index (κ1) is 23.0. The van der Waals surface area contributed by atoms with Crippen molar-refractivity contribution in [3.05, 3.63) is 70.9 Å². The number of anilines is 1. The second kappa shape index (κ2) is 8.19.